The first-order chi connectivity index (χ1) is 14.8. The second kappa shape index (κ2) is 8.07. The highest BCUT2D eigenvalue weighted by Gasteiger charge is 2.32. The van der Waals surface area contributed by atoms with Gasteiger partial charge in [0.2, 0.25) is 0 Å². The zero-order chi connectivity index (χ0) is 22.3. The number of carbonyl (C=O) groups is 1. The number of rotatable bonds is 4. The molecule has 4 nitrogen and oxygen atoms in total. The second-order valence-corrected chi connectivity index (χ2v) is 7.57. The molecule has 4 rings (SSSR count). The predicted molar refractivity (Wildman–Crippen MR) is 110 cm³/mol. The van der Waals surface area contributed by atoms with E-state index in [1.807, 2.05) is 0 Å². The van der Waals surface area contributed by atoms with E-state index in [-0.39, 0.29) is 12.1 Å². The van der Waals surface area contributed by atoms with Crippen LogP contribution in [0.5, 0.6) is 0 Å². The molecular formula is C22H14F4N2O2S. The van der Waals surface area contributed by atoms with E-state index in [9.17, 15) is 27.5 Å². The molecule has 3 aromatic carbocycles. The average Bonchev–Trinajstić information content (AvgIpc) is 2.78. The van der Waals surface area contributed by atoms with Gasteiger partial charge in [0.15, 0.2) is 23.3 Å². The normalized spacial score (nSPS) is 13.1. The van der Waals surface area contributed by atoms with Crippen LogP contribution in [-0.2, 0) is 6.54 Å². The molecule has 0 bridgehead atoms. The third kappa shape index (κ3) is 3.65. The van der Waals surface area contributed by atoms with Crippen molar-refractivity contribution in [3.05, 3.63) is 82.9 Å². The van der Waals surface area contributed by atoms with Gasteiger partial charge in [0.1, 0.15) is 11.5 Å². The smallest absolute Gasteiger partial charge is 0.336 e. The molecule has 1 heterocycles. The van der Waals surface area contributed by atoms with Gasteiger partial charge in [0, 0.05) is 18.5 Å². The van der Waals surface area contributed by atoms with Gasteiger partial charge in [-0.1, -0.05) is 42.5 Å². The van der Waals surface area contributed by atoms with Gasteiger partial charge in [-0.2, -0.15) is 4.40 Å². The summed E-state index contributed by atoms with van der Waals surface area (Å²) >= 11 is 0.548. The van der Waals surface area contributed by atoms with Crippen molar-refractivity contribution in [2.75, 3.05) is 4.90 Å². The molecule has 0 spiro atoms. The molecule has 0 saturated heterocycles. The highest BCUT2D eigenvalue weighted by molar-refractivity contribution is 7.98. The minimum atomic E-state index is -1.88. The SMILES string of the molecule is CC1=NSc2c(F)c(F)c(F)c(F)c2N1Cc1ccc(-c2ccccc2C(=O)O)cc1. The molecule has 0 amide bonds. The summed E-state index contributed by atoms with van der Waals surface area (Å²) in [5.74, 6) is -7.48. The van der Waals surface area contributed by atoms with Crippen LogP contribution in [0.3, 0.4) is 0 Å². The Morgan fingerprint density at radius 3 is 2.29 bits per heavy atom. The number of aromatic carboxylic acids is 1. The molecule has 1 N–H and O–H groups in total. The van der Waals surface area contributed by atoms with E-state index in [1.165, 1.54) is 11.0 Å². The van der Waals surface area contributed by atoms with E-state index in [0.29, 0.717) is 34.5 Å². The Balaban J connectivity index is 1.69. The molecule has 31 heavy (non-hydrogen) atoms. The van der Waals surface area contributed by atoms with Crippen molar-refractivity contribution in [3.8, 4) is 11.1 Å². The van der Waals surface area contributed by atoms with Crippen molar-refractivity contribution in [1.29, 1.82) is 0 Å². The monoisotopic (exact) mass is 446 g/mol. The van der Waals surface area contributed by atoms with Crippen LogP contribution >= 0.6 is 11.9 Å². The molecule has 0 aliphatic carbocycles. The van der Waals surface area contributed by atoms with Crippen molar-refractivity contribution < 1.29 is 27.5 Å². The average molecular weight is 446 g/mol. The Kier molecular flexibility index (Phi) is 5.45. The maximum absolute atomic E-state index is 14.5. The molecule has 0 unspecified atom stereocenters. The first kappa shape index (κ1) is 20.9. The summed E-state index contributed by atoms with van der Waals surface area (Å²) in [7, 11) is 0. The number of halogens is 4. The fourth-order valence-corrected chi connectivity index (χ4v) is 4.11. The molecule has 0 fully saturated rings. The first-order valence-electron chi connectivity index (χ1n) is 9.06. The second-order valence-electron chi connectivity index (χ2n) is 6.80. The molecule has 3 aromatic rings. The minimum Gasteiger partial charge on any atom is -0.478 e. The summed E-state index contributed by atoms with van der Waals surface area (Å²) in [5.41, 5.74) is 1.58. The molecule has 158 valence electrons. The standard InChI is InChI=1S/C22H14F4N2O2S/c1-11-27-31-21-19(26)17(24)16(23)18(25)20(21)28(11)10-12-6-8-13(9-7-12)14-4-2-3-5-15(14)22(29)30/h2-9H,10H2,1H3,(H,29,30). The summed E-state index contributed by atoms with van der Waals surface area (Å²) in [5, 5.41) is 9.37. The molecule has 0 saturated carbocycles. The zero-order valence-corrected chi connectivity index (χ0v) is 16.8. The number of fused-ring (bicyclic) bond motifs is 1. The van der Waals surface area contributed by atoms with Crippen LogP contribution in [0.25, 0.3) is 11.1 Å². The fourth-order valence-electron chi connectivity index (χ4n) is 3.33. The molecule has 0 radical (unpaired) electrons. The van der Waals surface area contributed by atoms with Gasteiger partial charge < -0.3 is 10.0 Å². The van der Waals surface area contributed by atoms with E-state index in [2.05, 4.69) is 4.40 Å². The van der Waals surface area contributed by atoms with Gasteiger partial charge >= 0.3 is 5.97 Å². The third-order valence-corrected chi connectivity index (χ3v) is 5.80. The number of hydrogen-bond donors (Lipinski definition) is 1. The van der Waals surface area contributed by atoms with Crippen molar-refractivity contribution in [1.82, 2.24) is 0 Å². The number of anilines is 1. The molecule has 1 aliphatic rings. The van der Waals surface area contributed by atoms with Crippen LogP contribution in [0.15, 0.2) is 57.8 Å². The van der Waals surface area contributed by atoms with Crippen LogP contribution in [0.1, 0.15) is 22.8 Å². The fraction of sp³-hybridized carbons (Fsp3) is 0.0909. The maximum Gasteiger partial charge on any atom is 0.336 e. The summed E-state index contributed by atoms with van der Waals surface area (Å²) in [6.07, 6.45) is 0. The van der Waals surface area contributed by atoms with Gasteiger partial charge in [0.25, 0.3) is 0 Å². The Hall–Kier alpha value is -3.33. The van der Waals surface area contributed by atoms with E-state index < -0.39 is 39.8 Å². The maximum atomic E-state index is 14.5. The quantitative estimate of drug-likeness (QED) is 0.229. The Bertz CT molecular complexity index is 1230. The Morgan fingerprint density at radius 2 is 1.61 bits per heavy atom. The van der Waals surface area contributed by atoms with Crippen LogP contribution in [0.2, 0.25) is 0 Å². The molecular weight excluding hydrogens is 432 g/mol. The molecule has 0 atom stereocenters. The van der Waals surface area contributed by atoms with Gasteiger partial charge in [-0.3, -0.25) is 0 Å². The summed E-state index contributed by atoms with van der Waals surface area (Å²) < 4.78 is 60.1. The summed E-state index contributed by atoms with van der Waals surface area (Å²) in [6, 6.07) is 13.3. The summed E-state index contributed by atoms with van der Waals surface area (Å²) in [4.78, 5) is 12.3. The highest BCUT2D eigenvalue weighted by atomic mass is 32.2. The van der Waals surface area contributed by atoms with Crippen LogP contribution in [0, 0.1) is 23.3 Å². The minimum absolute atomic E-state index is 0.0190. The van der Waals surface area contributed by atoms with Gasteiger partial charge in [-0.25, -0.2) is 22.4 Å². The highest BCUT2D eigenvalue weighted by Crippen LogP contribution is 2.42. The van der Waals surface area contributed by atoms with Crippen LogP contribution in [0.4, 0.5) is 23.2 Å². The van der Waals surface area contributed by atoms with Gasteiger partial charge in [0.05, 0.1) is 10.5 Å². The lowest BCUT2D eigenvalue weighted by Crippen LogP contribution is -2.32. The van der Waals surface area contributed by atoms with Crippen LogP contribution < -0.4 is 4.90 Å². The van der Waals surface area contributed by atoms with E-state index in [1.54, 1.807) is 49.4 Å². The van der Waals surface area contributed by atoms with Crippen molar-refractivity contribution >= 4 is 29.4 Å². The number of hydrogen-bond acceptors (Lipinski definition) is 4. The Morgan fingerprint density at radius 1 is 0.968 bits per heavy atom. The Labute approximate surface area is 179 Å². The molecule has 9 heteroatoms. The number of carboxylic acids is 1. The molecule has 1 aliphatic heterocycles. The summed E-state index contributed by atoms with van der Waals surface area (Å²) in [6.45, 7) is 1.57. The van der Waals surface area contributed by atoms with Crippen molar-refractivity contribution in [2.24, 2.45) is 4.40 Å². The number of nitrogens with zero attached hydrogens (tertiary/aromatic N) is 2. The predicted octanol–water partition coefficient (Wildman–Crippen LogP) is 6.05. The molecule has 0 aromatic heterocycles. The van der Waals surface area contributed by atoms with E-state index in [4.69, 9.17) is 0 Å². The van der Waals surface area contributed by atoms with Crippen molar-refractivity contribution in [3.63, 3.8) is 0 Å². The van der Waals surface area contributed by atoms with Crippen LogP contribution in [-0.4, -0.2) is 16.9 Å². The van der Waals surface area contributed by atoms with E-state index >= 15 is 0 Å². The first-order valence-corrected chi connectivity index (χ1v) is 9.83. The van der Waals surface area contributed by atoms with Crippen molar-refractivity contribution in [2.45, 2.75) is 18.4 Å². The van der Waals surface area contributed by atoms with E-state index in [0.717, 1.165) is 0 Å². The lowest BCUT2D eigenvalue weighted by atomic mass is 9.98. The number of carboxylic acid groups (broad SMARTS) is 1. The topological polar surface area (TPSA) is 52.9 Å². The largest absolute Gasteiger partial charge is 0.478 e. The third-order valence-electron chi connectivity index (χ3n) is 4.89. The van der Waals surface area contributed by atoms with Gasteiger partial charge in [-0.15, -0.1) is 0 Å². The lowest BCUT2D eigenvalue weighted by Gasteiger charge is -2.30. The number of amidine groups is 1. The zero-order valence-electron chi connectivity index (χ0n) is 16.0. The lowest BCUT2D eigenvalue weighted by molar-refractivity contribution is 0.0697. The van der Waals surface area contributed by atoms with Gasteiger partial charge in [-0.05, 0) is 29.7 Å². The number of benzene rings is 3.